The number of aromatic nitrogens is 4. The first-order valence-corrected chi connectivity index (χ1v) is 5.49. The molecule has 7 nitrogen and oxygen atoms in total. The summed E-state index contributed by atoms with van der Waals surface area (Å²) in [5.41, 5.74) is 0.322. The Labute approximate surface area is 98.2 Å². The van der Waals surface area contributed by atoms with Crippen molar-refractivity contribution in [1.29, 1.82) is 0 Å². The Hall–Kier alpha value is -1.89. The lowest BCUT2D eigenvalue weighted by Gasteiger charge is -2.09. The van der Waals surface area contributed by atoms with Crippen LogP contribution in [0.1, 0.15) is 6.42 Å². The molecule has 3 N–H and O–H groups in total. The molecule has 17 heavy (non-hydrogen) atoms. The summed E-state index contributed by atoms with van der Waals surface area (Å²) in [5, 5.41) is 10.0. The molecule has 2 aromatic rings. The molecule has 2 rings (SSSR count). The van der Waals surface area contributed by atoms with Gasteiger partial charge in [-0.2, -0.15) is 10.1 Å². The third-order valence-electron chi connectivity index (χ3n) is 2.39. The van der Waals surface area contributed by atoms with E-state index in [2.05, 4.69) is 30.4 Å². The van der Waals surface area contributed by atoms with E-state index in [0.29, 0.717) is 17.0 Å². The fourth-order valence-corrected chi connectivity index (χ4v) is 1.53. The summed E-state index contributed by atoms with van der Waals surface area (Å²) in [6.45, 7) is 1.75. The first-order chi connectivity index (χ1) is 8.16. The predicted molar refractivity (Wildman–Crippen MR) is 66.2 cm³/mol. The third kappa shape index (κ3) is 2.82. The molecule has 0 aliphatic rings. The van der Waals surface area contributed by atoms with Crippen molar-refractivity contribution in [2.24, 2.45) is 0 Å². The molecular weight excluding hydrogens is 220 g/mol. The first-order valence-electron chi connectivity index (χ1n) is 5.49. The van der Waals surface area contributed by atoms with Crippen LogP contribution in [0.4, 0.5) is 5.95 Å². The van der Waals surface area contributed by atoms with Crippen LogP contribution >= 0.6 is 0 Å². The van der Waals surface area contributed by atoms with Crippen LogP contribution in [0.15, 0.2) is 11.0 Å². The molecule has 0 saturated carbocycles. The number of nitrogens with one attached hydrogen (secondary N) is 3. The molecule has 0 amide bonds. The van der Waals surface area contributed by atoms with Crippen molar-refractivity contribution in [3.63, 3.8) is 0 Å². The minimum absolute atomic E-state index is 0.182. The number of anilines is 1. The lowest BCUT2D eigenvalue weighted by molar-refractivity contribution is 0.405. The van der Waals surface area contributed by atoms with E-state index in [-0.39, 0.29) is 5.56 Å². The molecule has 92 valence electrons. The highest BCUT2D eigenvalue weighted by molar-refractivity contribution is 5.73. The van der Waals surface area contributed by atoms with Crippen LogP contribution in [0.3, 0.4) is 0 Å². The van der Waals surface area contributed by atoms with E-state index in [1.165, 1.54) is 6.20 Å². The maximum Gasteiger partial charge on any atom is 0.263 e. The van der Waals surface area contributed by atoms with Gasteiger partial charge in [0.15, 0.2) is 5.65 Å². The van der Waals surface area contributed by atoms with Crippen LogP contribution in [0, 0.1) is 0 Å². The summed E-state index contributed by atoms with van der Waals surface area (Å²) >= 11 is 0. The number of fused-ring (bicyclic) bond motifs is 1. The van der Waals surface area contributed by atoms with E-state index < -0.39 is 0 Å². The first kappa shape index (κ1) is 11.6. The van der Waals surface area contributed by atoms with Gasteiger partial charge in [0.05, 0.1) is 6.20 Å². The Morgan fingerprint density at radius 1 is 1.47 bits per heavy atom. The maximum absolute atomic E-state index is 11.6. The highest BCUT2D eigenvalue weighted by Crippen LogP contribution is 2.03. The van der Waals surface area contributed by atoms with Gasteiger partial charge < -0.3 is 10.2 Å². The van der Waals surface area contributed by atoms with E-state index in [0.717, 1.165) is 19.5 Å². The molecule has 0 radical (unpaired) electrons. The van der Waals surface area contributed by atoms with Crippen molar-refractivity contribution in [2.75, 3.05) is 32.5 Å². The van der Waals surface area contributed by atoms with Crippen molar-refractivity contribution in [2.45, 2.75) is 6.42 Å². The van der Waals surface area contributed by atoms with Crippen molar-refractivity contribution < 1.29 is 0 Å². The number of hydrogen-bond donors (Lipinski definition) is 3. The molecule has 0 aliphatic heterocycles. The monoisotopic (exact) mass is 236 g/mol. The molecule has 0 fully saturated rings. The predicted octanol–water partition coefficient (Wildman–Crippen LogP) is 0.00980. The summed E-state index contributed by atoms with van der Waals surface area (Å²) in [6, 6.07) is 0. The number of H-pyrrole nitrogens is 2. The zero-order valence-electron chi connectivity index (χ0n) is 9.95. The van der Waals surface area contributed by atoms with E-state index in [9.17, 15) is 4.79 Å². The smallest absolute Gasteiger partial charge is 0.263 e. The SMILES string of the molecule is CN(C)CCCNc1nc2[nH]ncc2c(=O)[nH]1. The van der Waals surface area contributed by atoms with Crippen LogP contribution in [-0.4, -0.2) is 52.3 Å². The van der Waals surface area contributed by atoms with Gasteiger partial charge in [0, 0.05) is 6.54 Å². The second-order valence-corrected chi connectivity index (χ2v) is 4.13. The molecule has 0 aromatic carbocycles. The normalized spacial score (nSPS) is 11.2. The van der Waals surface area contributed by atoms with Gasteiger partial charge in [-0.25, -0.2) is 0 Å². The summed E-state index contributed by atoms with van der Waals surface area (Å²) in [4.78, 5) is 20.6. The highest BCUT2D eigenvalue weighted by atomic mass is 16.1. The second kappa shape index (κ2) is 4.96. The average Bonchev–Trinajstić information content (AvgIpc) is 2.72. The van der Waals surface area contributed by atoms with Gasteiger partial charge in [-0.05, 0) is 27.1 Å². The molecule has 0 bridgehead atoms. The van der Waals surface area contributed by atoms with Gasteiger partial charge in [0.25, 0.3) is 5.56 Å². The van der Waals surface area contributed by atoms with Crippen molar-refractivity contribution in [1.82, 2.24) is 25.1 Å². The fraction of sp³-hybridized carbons (Fsp3) is 0.500. The Morgan fingerprint density at radius 3 is 3.06 bits per heavy atom. The molecule has 2 heterocycles. The van der Waals surface area contributed by atoms with E-state index in [1.54, 1.807) is 0 Å². The average molecular weight is 236 g/mol. The third-order valence-corrected chi connectivity index (χ3v) is 2.39. The van der Waals surface area contributed by atoms with E-state index >= 15 is 0 Å². The summed E-state index contributed by atoms with van der Waals surface area (Å²) < 4.78 is 0. The standard InChI is InChI=1S/C10H16N6O/c1-16(2)5-3-4-11-10-13-8-7(6-12-15-8)9(17)14-10/h6H,3-5H2,1-2H3,(H3,11,12,13,14,15,17). The zero-order chi connectivity index (χ0) is 12.3. The van der Waals surface area contributed by atoms with Crippen molar-refractivity contribution in [3.05, 3.63) is 16.6 Å². The van der Waals surface area contributed by atoms with Gasteiger partial charge >= 0.3 is 0 Å². The van der Waals surface area contributed by atoms with E-state index in [1.807, 2.05) is 14.1 Å². The van der Waals surface area contributed by atoms with Crippen LogP contribution in [0.2, 0.25) is 0 Å². The van der Waals surface area contributed by atoms with Crippen LogP contribution in [0.5, 0.6) is 0 Å². The molecule has 0 unspecified atom stereocenters. The number of hydrogen-bond acceptors (Lipinski definition) is 5. The molecule has 0 spiro atoms. The number of rotatable bonds is 5. The number of nitrogens with zero attached hydrogens (tertiary/aromatic N) is 3. The molecule has 0 aliphatic carbocycles. The van der Waals surface area contributed by atoms with E-state index in [4.69, 9.17) is 0 Å². The second-order valence-electron chi connectivity index (χ2n) is 4.13. The van der Waals surface area contributed by atoms with Gasteiger partial charge in [0.1, 0.15) is 5.39 Å². The van der Waals surface area contributed by atoms with Crippen molar-refractivity contribution in [3.8, 4) is 0 Å². The largest absolute Gasteiger partial charge is 0.356 e. The molecular formula is C10H16N6O. The summed E-state index contributed by atoms with van der Waals surface area (Å²) in [6.07, 6.45) is 2.45. The maximum atomic E-state index is 11.6. The van der Waals surface area contributed by atoms with Gasteiger partial charge in [-0.15, -0.1) is 0 Å². The lowest BCUT2D eigenvalue weighted by Crippen LogP contribution is -2.18. The van der Waals surface area contributed by atoms with Crippen molar-refractivity contribution >= 4 is 17.0 Å². The highest BCUT2D eigenvalue weighted by Gasteiger charge is 2.04. The summed E-state index contributed by atoms with van der Waals surface area (Å²) in [7, 11) is 4.05. The van der Waals surface area contributed by atoms with Crippen LogP contribution < -0.4 is 10.9 Å². The molecule has 7 heteroatoms. The lowest BCUT2D eigenvalue weighted by atomic mass is 10.4. The molecule has 0 atom stereocenters. The Balaban J connectivity index is 2.01. The Morgan fingerprint density at radius 2 is 2.29 bits per heavy atom. The molecule has 0 saturated heterocycles. The van der Waals surface area contributed by atoms with Gasteiger partial charge in [-0.1, -0.05) is 0 Å². The topological polar surface area (TPSA) is 89.7 Å². The van der Waals surface area contributed by atoms with Gasteiger partial charge in [0.2, 0.25) is 5.95 Å². The quantitative estimate of drug-likeness (QED) is 0.636. The minimum Gasteiger partial charge on any atom is -0.356 e. The van der Waals surface area contributed by atoms with Crippen LogP contribution in [0.25, 0.3) is 11.0 Å². The fourth-order valence-electron chi connectivity index (χ4n) is 1.53. The Bertz CT molecular complexity index is 543. The van der Waals surface area contributed by atoms with Gasteiger partial charge in [-0.3, -0.25) is 14.9 Å². The minimum atomic E-state index is -0.182. The Kier molecular flexibility index (Phi) is 3.38. The van der Waals surface area contributed by atoms with Crippen LogP contribution in [-0.2, 0) is 0 Å². The zero-order valence-corrected chi connectivity index (χ0v) is 9.95. The molecule has 2 aromatic heterocycles. The number of aromatic amines is 2. The summed E-state index contributed by atoms with van der Waals surface area (Å²) in [5.74, 6) is 0.477.